The Kier molecular flexibility index (Phi) is 6.19. The van der Waals surface area contributed by atoms with Gasteiger partial charge in [0.2, 0.25) is 0 Å². The Morgan fingerprint density at radius 2 is 1.89 bits per heavy atom. The zero-order valence-corrected chi connectivity index (χ0v) is 13.4. The van der Waals surface area contributed by atoms with Gasteiger partial charge in [-0.3, -0.25) is 11.3 Å². The van der Waals surface area contributed by atoms with E-state index in [1.807, 2.05) is 0 Å². The summed E-state index contributed by atoms with van der Waals surface area (Å²) in [7, 11) is 0. The molecule has 106 valence electrons. The molecule has 0 aromatic rings. The number of hydrogen-bond donors (Lipinski definition) is 2. The third-order valence-electron chi connectivity index (χ3n) is 4.55. The van der Waals surface area contributed by atoms with Crippen molar-refractivity contribution in [3.8, 4) is 0 Å². The predicted octanol–water partition coefficient (Wildman–Crippen LogP) is 3.41. The van der Waals surface area contributed by atoms with Gasteiger partial charge in [-0.25, -0.2) is 0 Å². The molecule has 0 aromatic carbocycles. The van der Waals surface area contributed by atoms with Crippen LogP contribution >= 0.6 is 23.5 Å². The monoisotopic (exact) mass is 288 g/mol. The van der Waals surface area contributed by atoms with Gasteiger partial charge in [0.05, 0.1) is 0 Å². The molecule has 1 saturated carbocycles. The third-order valence-corrected chi connectivity index (χ3v) is 8.10. The van der Waals surface area contributed by atoms with Crippen LogP contribution in [0, 0.1) is 5.92 Å². The Morgan fingerprint density at radius 1 is 1.17 bits per heavy atom. The van der Waals surface area contributed by atoms with E-state index in [1.165, 1.54) is 44.3 Å². The molecular weight excluding hydrogens is 260 g/mol. The Labute approximate surface area is 121 Å². The van der Waals surface area contributed by atoms with E-state index in [4.69, 9.17) is 5.84 Å². The molecule has 4 unspecified atom stereocenters. The summed E-state index contributed by atoms with van der Waals surface area (Å²) in [6, 6.07) is 0.514. The van der Waals surface area contributed by atoms with Crippen molar-refractivity contribution < 1.29 is 0 Å². The minimum atomic E-state index is 0.514. The summed E-state index contributed by atoms with van der Waals surface area (Å²) in [4.78, 5) is 0. The van der Waals surface area contributed by atoms with Gasteiger partial charge in [0.15, 0.2) is 0 Å². The van der Waals surface area contributed by atoms with Gasteiger partial charge in [-0.2, -0.15) is 23.5 Å². The second-order valence-electron chi connectivity index (χ2n) is 5.93. The van der Waals surface area contributed by atoms with Crippen molar-refractivity contribution in [3.05, 3.63) is 0 Å². The molecule has 1 aliphatic heterocycles. The molecular formula is C14H28N2S2. The highest BCUT2D eigenvalue weighted by Crippen LogP contribution is 2.39. The molecule has 0 bridgehead atoms. The highest BCUT2D eigenvalue weighted by molar-refractivity contribution is 8.07. The Bertz CT molecular complexity index is 244. The standard InChI is InChI=1S/C14H28N2S2/c1-10-11(2)18-14(9-17-10)13(16-15)8-12-6-4-3-5-7-12/h10-14,16H,3-9,15H2,1-2H3. The average Bonchev–Trinajstić information content (AvgIpc) is 2.40. The van der Waals surface area contributed by atoms with Crippen molar-refractivity contribution in [2.24, 2.45) is 11.8 Å². The SMILES string of the molecule is CC1SCC(C(CC2CCCCC2)NN)SC1C. The first-order valence-corrected chi connectivity index (χ1v) is 9.43. The van der Waals surface area contributed by atoms with Crippen LogP contribution in [0.5, 0.6) is 0 Å². The van der Waals surface area contributed by atoms with Gasteiger partial charge in [-0.1, -0.05) is 46.0 Å². The molecule has 2 rings (SSSR count). The maximum Gasteiger partial charge on any atom is 0.0340 e. The second-order valence-corrected chi connectivity index (χ2v) is 8.96. The van der Waals surface area contributed by atoms with E-state index < -0.39 is 0 Å². The highest BCUT2D eigenvalue weighted by atomic mass is 32.2. The molecule has 1 saturated heterocycles. The topological polar surface area (TPSA) is 38.0 Å². The molecule has 2 aliphatic rings. The van der Waals surface area contributed by atoms with Gasteiger partial charge in [0, 0.05) is 27.5 Å². The van der Waals surface area contributed by atoms with Crippen LogP contribution in [0.2, 0.25) is 0 Å². The van der Waals surface area contributed by atoms with Crippen LogP contribution in [0.25, 0.3) is 0 Å². The zero-order chi connectivity index (χ0) is 13.0. The van der Waals surface area contributed by atoms with Gasteiger partial charge in [0.1, 0.15) is 0 Å². The van der Waals surface area contributed by atoms with Gasteiger partial charge in [-0.05, 0) is 12.3 Å². The third kappa shape index (κ3) is 4.06. The van der Waals surface area contributed by atoms with Gasteiger partial charge >= 0.3 is 0 Å². The average molecular weight is 289 g/mol. The van der Waals surface area contributed by atoms with Gasteiger partial charge in [-0.15, -0.1) is 0 Å². The summed E-state index contributed by atoms with van der Waals surface area (Å²) >= 11 is 4.28. The summed E-state index contributed by atoms with van der Waals surface area (Å²) in [6.07, 6.45) is 8.45. The smallest absolute Gasteiger partial charge is 0.0340 e. The van der Waals surface area contributed by atoms with Crippen molar-refractivity contribution in [2.45, 2.75) is 74.2 Å². The Hall–Kier alpha value is 0.620. The molecule has 4 atom stereocenters. The largest absolute Gasteiger partial charge is 0.271 e. The van der Waals surface area contributed by atoms with Crippen molar-refractivity contribution >= 4 is 23.5 Å². The fourth-order valence-electron chi connectivity index (χ4n) is 3.13. The molecule has 2 nitrogen and oxygen atoms in total. The van der Waals surface area contributed by atoms with Crippen molar-refractivity contribution in [1.82, 2.24) is 5.43 Å². The van der Waals surface area contributed by atoms with Crippen molar-refractivity contribution in [1.29, 1.82) is 0 Å². The van der Waals surface area contributed by atoms with Crippen LogP contribution in [-0.2, 0) is 0 Å². The maximum absolute atomic E-state index is 5.83. The van der Waals surface area contributed by atoms with E-state index in [0.29, 0.717) is 11.3 Å². The van der Waals surface area contributed by atoms with Gasteiger partial charge < -0.3 is 0 Å². The van der Waals surface area contributed by atoms with Crippen molar-refractivity contribution in [2.75, 3.05) is 5.75 Å². The van der Waals surface area contributed by atoms with Crippen LogP contribution in [-0.4, -0.2) is 27.5 Å². The number of hydrazine groups is 1. The molecule has 0 amide bonds. The zero-order valence-electron chi connectivity index (χ0n) is 11.7. The normalized spacial score (nSPS) is 36.5. The first-order chi connectivity index (χ1) is 8.70. The summed E-state index contributed by atoms with van der Waals surface area (Å²) in [5.41, 5.74) is 3.12. The number of thioether (sulfide) groups is 2. The minimum Gasteiger partial charge on any atom is -0.271 e. The molecule has 0 spiro atoms. The first kappa shape index (κ1) is 15.0. The highest BCUT2D eigenvalue weighted by Gasteiger charge is 2.32. The van der Waals surface area contributed by atoms with E-state index in [-0.39, 0.29) is 0 Å². The molecule has 18 heavy (non-hydrogen) atoms. The lowest BCUT2D eigenvalue weighted by Crippen LogP contribution is -2.47. The molecule has 3 N–H and O–H groups in total. The number of hydrogen-bond acceptors (Lipinski definition) is 4. The predicted molar refractivity (Wildman–Crippen MR) is 85.1 cm³/mol. The van der Waals surface area contributed by atoms with E-state index in [2.05, 4.69) is 42.8 Å². The van der Waals surface area contributed by atoms with Crippen LogP contribution in [0.3, 0.4) is 0 Å². The van der Waals surface area contributed by atoms with E-state index in [9.17, 15) is 0 Å². The lowest BCUT2D eigenvalue weighted by molar-refractivity contribution is 0.298. The van der Waals surface area contributed by atoms with E-state index in [1.54, 1.807) is 0 Å². The van der Waals surface area contributed by atoms with E-state index in [0.717, 1.165) is 16.4 Å². The summed E-state index contributed by atoms with van der Waals surface area (Å²) in [5.74, 6) is 8.01. The van der Waals surface area contributed by atoms with Crippen LogP contribution in [0.4, 0.5) is 0 Å². The molecule has 1 aliphatic carbocycles. The number of rotatable bonds is 4. The molecule has 0 radical (unpaired) electrons. The molecule has 4 heteroatoms. The Balaban J connectivity index is 1.83. The summed E-state index contributed by atoms with van der Waals surface area (Å²) in [5, 5.41) is 2.25. The molecule has 2 fully saturated rings. The maximum atomic E-state index is 5.83. The van der Waals surface area contributed by atoms with Crippen LogP contribution in [0.1, 0.15) is 52.4 Å². The fraction of sp³-hybridized carbons (Fsp3) is 1.00. The first-order valence-electron chi connectivity index (χ1n) is 7.44. The molecule has 0 aromatic heterocycles. The van der Waals surface area contributed by atoms with Crippen molar-refractivity contribution in [3.63, 3.8) is 0 Å². The van der Waals surface area contributed by atoms with E-state index >= 15 is 0 Å². The second kappa shape index (κ2) is 7.41. The van der Waals surface area contributed by atoms with Crippen LogP contribution in [0.15, 0.2) is 0 Å². The summed E-state index contributed by atoms with van der Waals surface area (Å²) < 4.78 is 0. The lowest BCUT2D eigenvalue weighted by atomic mass is 9.84. The number of nitrogens with one attached hydrogen (secondary N) is 1. The lowest BCUT2D eigenvalue weighted by Gasteiger charge is -2.37. The van der Waals surface area contributed by atoms with Gasteiger partial charge in [0.25, 0.3) is 0 Å². The quantitative estimate of drug-likeness (QED) is 0.614. The fourth-order valence-corrected chi connectivity index (χ4v) is 6.25. The molecule has 1 heterocycles. The number of nitrogens with two attached hydrogens (primary N) is 1. The minimum absolute atomic E-state index is 0.514. The summed E-state index contributed by atoms with van der Waals surface area (Å²) in [6.45, 7) is 4.72. The Morgan fingerprint density at radius 3 is 2.50 bits per heavy atom. The van der Waals surface area contributed by atoms with Crippen LogP contribution < -0.4 is 11.3 Å².